The number of hydrogen-bond acceptors (Lipinski definition) is 2. The Kier molecular flexibility index (Phi) is 3.36. The number of hydrogen-bond donors (Lipinski definition) is 2. The quantitative estimate of drug-likeness (QED) is 0.598. The molecule has 3 N–H and O–H groups in total. The Morgan fingerprint density at radius 1 is 1.36 bits per heavy atom. The molecule has 1 rings (SSSR count). The van der Waals surface area contributed by atoms with E-state index in [4.69, 9.17) is 17.4 Å². The van der Waals surface area contributed by atoms with Crippen LogP contribution in [0.25, 0.3) is 0 Å². The molecule has 0 spiro atoms. The third-order valence-electron chi connectivity index (χ3n) is 1.67. The highest BCUT2D eigenvalue weighted by molar-refractivity contribution is 6.30. The highest BCUT2D eigenvalue weighted by atomic mass is 35.5. The number of halogens is 4. The second kappa shape index (κ2) is 4.16. The standard InChI is InChI=1S/C8H8ClF3N2/c9-6-2-1-5(4-14-13)7(3-6)8(10,11)12/h1-3,14H,4,13H2. The van der Waals surface area contributed by atoms with E-state index in [2.05, 4.69) is 5.43 Å². The Balaban J connectivity index is 3.16. The molecule has 0 saturated heterocycles. The lowest BCUT2D eigenvalue weighted by Gasteiger charge is -2.12. The Hall–Kier alpha value is -0.780. The Bertz CT molecular complexity index is 325. The van der Waals surface area contributed by atoms with Gasteiger partial charge in [-0.3, -0.25) is 11.3 Å². The van der Waals surface area contributed by atoms with E-state index in [1.165, 1.54) is 12.1 Å². The van der Waals surface area contributed by atoms with Gasteiger partial charge in [0.2, 0.25) is 0 Å². The molecular weight excluding hydrogens is 217 g/mol. The SMILES string of the molecule is NNCc1ccc(Cl)cc1C(F)(F)F. The van der Waals surface area contributed by atoms with Gasteiger partial charge in [-0.1, -0.05) is 17.7 Å². The summed E-state index contributed by atoms with van der Waals surface area (Å²) in [6, 6.07) is 3.57. The lowest BCUT2D eigenvalue weighted by Crippen LogP contribution is -2.23. The van der Waals surface area contributed by atoms with E-state index in [9.17, 15) is 13.2 Å². The smallest absolute Gasteiger partial charge is 0.271 e. The first kappa shape index (κ1) is 11.3. The molecule has 0 aromatic heterocycles. The molecule has 0 fully saturated rings. The van der Waals surface area contributed by atoms with E-state index >= 15 is 0 Å². The van der Waals surface area contributed by atoms with E-state index in [1.54, 1.807) is 0 Å². The maximum Gasteiger partial charge on any atom is 0.416 e. The summed E-state index contributed by atoms with van der Waals surface area (Å²) in [5, 5.41) is 0.0538. The molecule has 0 bridgehead atoms. The lowest BCUT2D eigenvalue weighted by atomic mass is 10.1. The molecular formula is C8H8ClF3N2. The lowest BCUT2D eigenvalue weighted by molar-refractivity contribution is -0.138. The van der Waals surface area contributed by atoms with Gasteiger partial charge in [0.1, 0.15) is 0 Å². The van der Waals surface area contributed by atoms with Crippen molar-refractivity contribution in [2.45, 2.75) is 12.7 Å². The minimum absolute atomic E-state index is 0.0496. The topological polar surface area (TPSA) is 38.0 Å². The summed E-state index contributed by atoms with van der Waals surface area (Å²) in [4.78, 5) is 0. The molecule has 0 amide bonds. The average molecular weight is 225 g/mol. The highest BCUT2D eigenvalue weighted by Crippen LogP contribution is 2.33. The van der Waals surface area contributed by atoms with Gasteiger partial charge in [-0.15, -0.1) is 0 Å². The summed E-state index contributed by atoms with van der Waals surface area (Å²) >= 11 is 5.47. The maximum atomic E-state index is 12.4. The van der Waals surface area contributed by atoms with Gasteiger partial charge < -0.3 is 0 Å². The number of hydrazine groups is 1. The highest BCUT2D eigenvalue weighted by Gasteiger charge is 2.33. The zero-order chi connectivity index (χ0) is 10.8. The molecule has 14 heavy (non-hydrogen) atoms. The molecule has 0 aliphatic rings. The van der Waals surface area contributed by atoms with Gasteiger partial charge in [0.05, 0.1) is 5.56 Å². The summed E-state index contributed by atoms with van der Waals surface area (Å²) < 4.78 is 37.3. The van der Waals surface area contributed by atoms with Crippen molar-refractivity contribution in [2.75, 3.05) is 0 Å². The number of nitrogens with one attached hydrogen (secondary N) is 1. The van der Waals surface area contributed by atoms with E-state index in [-0.39, 0.29) is 17.1 Å². The van der Waals surface area contributed by atoms with Crippen LogP contribution in [0.3, 0.4) is 0 Å². The molecule has 0 atom stereocenters. The monoisotopic (exact) mass is 224 g/mol. The normalized spacial score (nSPS) is 11.8. The van der Waals surface area contributed by atoms with Crippen molar-refractivity contribution >= 4 is 11.6 Å². The summed E-state index contributed by atoms with van der Waals surface area (Å²) in [6.07, 6.45) is -4.41. The van der Waals surface area contributed by atoms with Crippen LogP contribution in [0.15, 0.2) is 18.2 Å². The summed E-state index contributed by atoms with van der Waals surface area (Å²) in [6.45, 7) is -0.0496. The van der Waals surface area contributed by atoms with Crippen molar-refractivity contribution in [1.29, 1.82) is 0 Å². The zero-order valence-electron chi connectivity index (χ0n) is 7.03. The van der Waals surface area contributed by atoms with E-state index in [1.807, 2.05) is 0 Å². The first-order chi connectivity index (χ1) is 6.45. The number of rotatable bonds is 2. The van der Waals surface area contributed by atoms with Crippen molar-refractivity contribution in [3.05, 3.63) is 34.3 Å². The van der Waals surface area contributed by atoms with Crippen molar-refractivity contribution in [2.24, 2.45) is 5.84 Å². The summed E-state index contributed by atoms with van der Waals surface area (Å²) in [7, 11) is 0. The van der Waals surface area contributed by atoms with Crippen LogP contribution in [0.1, 0.15) is 11.1 Å². The molecule has 2 nitrogen and oxygen atoms in total. The van der Waals surface area contributed by atoms with Gasteiger partial charge in [-0.05, 0) is 17.7 Å². The first-order valence-electron chi connectivity index (χ1n) is 3.74. The van der Waals surface area contributed by atoms with Gasteiger partial charge in [0.15, 0.2) is 0 Å². The fraction of sp³-hybridized carbons (Fsp3) is 0.250. The molecule has 0 heterocycles. The van der Waals surface area contributed by atoms with Crippen LogP contribution >= 0.6 is 11.6 Å². The maximum absolute atomic E-state index is 12.4. The molecule has 1 aromatic rings. The van der Waals surface area contributed by atoms with Crippen molar-refractivity contribution in [3.8, 4) is 0 Å². The van der Waals surface area contributed by atoms with Gasteiger partial charge in [-0.2, -0.15) is 13.2 Å². The van der Waals surface area contributed by atoms with Crippen LogP contribution in [0.4, 0.5) is 13.2 Å². The molecule has 0 radical (unpaired) electrons. The minimum atomic E-state index is -4.41. The largest absolute Gasteiger partial charge is 0.416 e. The molecule has 1 aromatic carbocycles. The van der Waals surface area contributed by atoms with E-state index in [0.29, 0.717) is 0 Å². The predicted molar refractivity (Wildman–Crippen MR) is 47.5 cm³/mol. The number of benzene rings is 1. The first-order valence-corrected chi connectivity index (χ1v) is 4.12. The number of nitrogens with two attached hydrogens (primary N) is 1. The molecule has 0 aliphatic carbocycles. The molecule has 6 heteroatoms. The minimum Gasteiger partial charge on any atom is -0.271 e. The molecule has 78 valence electrons. The molecule has 0 aliphatic heterocycles. The Labute approximate surface area is 83.8 Å². The van der Waals surface area contributed by atoms with Crippen molar-refractivity contribution < 1.29 is 13.2 Å². The van der Waals surface area contributed by atoms with Crippen LogP contribution in [0.2, 0.25) is 5.02 Å². The Morgan fingerprint density at radius 2 is 2.00 bits per heavy atom. The molecule has 0 saturated carbocycles. The second-order valence-electron chi connectivity index (χ2n) is 2.68. The van der Waals surface area contributed by atoms with E-state index < -0.39 is 11.7 Å². The zero-order valence-corrected chi connectivity index (χ0v) is 7.78. The average Bonchev–Trinajstić information content (AvgIpc) is 2.07. The van der Waals surface area contributed by atoms with Crippen molar-refractivity contribution in [1.82, 2.24) is 5.43 Å². The fourth-order valence-electron chi connectivity index (χ4n) is 1.08. The van der Waals surface area contributed by atoms with Crippen LogP contribution in [0, 0.1) is 0 Å². The predicted octanol–water partition coefficient (Wildman–Crippen LogP) is 2.32. The van der Waals surface area contributed by atoms with E-state index in [0.717, 1.165) is 6.07 Å². The van der Waals surface area contributed by atoms with Gasteiger partial charge >= 0.3 is 6.18 Å². The molecule has 0 unspecified atom stereocenters. The third kappa shape index (κ3) is 2.60. The second-order valence-corrected chi connectivity index (χ2v) is 3.12. The summed E-state index contributed by atoms with van der Waals surface area (Å²) in [5.41, 5.74) is 1.49. The summed E-state index contributed by atoms with van der Waals surface area (Å²) in [5.74, 6) is 4.96. The van der Waals surface area contributed by atoms with Gasteiger partial charge in [0.25, 0.3) is 0 Å². The van der Waals surface area contributed by atoms with Crippen LogP contribution in [-0.2, 0) is 12.7 Å². The van der Waals surface area contributed by atoms with Crippen LogP contribution < -0.4 is 11.3 Å². The Morgan fingerprint density at radius 3 is 2.50 bits per heavy atom. The fourth-order valence-corrected chi connectivity index (χ4v) is 1.25. The third-order valence-corrected chi connectivity index (χ3v) is 1.90. The van der Waals surface area contributed by atoms with Crippen LogP contribution in [0.5, 0.6) is 0 Å². The van der Waals surface area contributed by atoms with Gasteiger partial charge in [-0.25, -0.2) is 0 Å². The number of alkyl halides is 3. The van der Waals surface area contributed by atoms with Gasteiger partial charge in [0, 0.05) is 11.6 Å². The van der Waals surface area contributed by atoms with Crippen LogP contribution in [-0.4, -0.2) is 0 Å². The van der Waals surface area contributed by atoms with Crippen molar-refractivity contribution in [3.63, 3.8) is 0 Å².